The van der Waals surface area contributed by atoms with Crippen molar-refractivity contribution in [3.63, 3.8) is 0 Å². The third kappa shape index (κ3) is 3.11. The molecule has 1 aromatic rings. The molecule has 0 amide bonds. The highest BCUT2D eigenvalue weighted by atomic mass is 16.5. The van der Waals surface area contributed by atoms with Gasteiger partial charge in [-0.25, -0.2) is 0 Å². The zero-order valence-electron chi connectivity index (χ0n) is 11.8. The van der Waals surface area contributed by atoms with Crippen LogP contribution in [0.15, 0.2) is 30.3 Å². The minimum atomic E-state index is 0.648. The molecular weight excluding hydrogens is 234 g/mol. The van der Waals surface area contributed by atoms with E-state index in [1.165, 1.54) is 25.7 Å². The van der Waals surface area contributed by atoms with Crippen molar-refractivity contribution in [2.24, 2.45) is 17.8 Å². The summed E-state index contributed by atoms with van der Waals surface area (Å²) in [5.41, 5.74) is 0. The summed E-state index contributed by atoms with van der Waals surface area (Å²) in [4.78, 5) is 0. The van der Waals surface area contributed by atoms with Gasteiger partial charge < -0.3 is 10.1 Å². The highest BCUT2D eigenvalue weighted by Gasteiger charge is 2.41. The van der Waals surface area contributed by atoms with Crippen LogP contribution in [0.4, 0.5) is 0 Å². The van der Waals surface area contributed by atoms with E-state index in [0.717, 1.165) is 36.7 Å². The number of ether oxygens (including phenoxy) is 1. The lowest BCUT2D eigenvalue weighted by atomic mass is 9.84. The van der Waals surface area contributed by atoms with Crippen LogP contribution in [0.3, 0.4) is 0 Å². The van der Waals surface area contributed by atoms with E-state index in [9.17, 15) is 0 Å². The first-order chi connectivity index (χ1) is 9.33. The number of hydrogen-bond acceptors (Lipinski definition) is 2. The van der Waals surface area contributed by atoms with Gasteiger partial charge in [0.1, 0.15) is 12.4 Å². The van der Waals surface area contributed by atoms with E-state index in [1.807, 2.05) is 30.3 Å². The molecule has 2 heteroatoms. The molecule has 4 atom stereocenters. The molecule has 19 heavy (non-hydrogen) atoms. The van der Waals surface area contributed by atoms with Gasteiger partial charge in [0, 0.05) is 12.6 Å². The number of benzene rings is 1. The lowest BCUT2D eigenvalue weighted by molar-refractivity contribution is 0.242. The summed E-state index contributed by atoms with van der Waals surface area (Å²) in [5, 5.41) is 3.65. The van der Waals surface area contributed by atoms with E-state index in [1.54, 1.807) is 0 Å². The summed E-state index contributed by atoms with van der Waals surface area (Å²) in [5.74, 6) is 3.93. The van der Waals surface area contributed by atoms with Crippen molar-refractivity contribution in [1.82, 2.24) is 5.32 Å². The predicted octanol–water partition coefficient (Wildman–Crippen LogP) is 3.48. The van der Waals surface area contributed by atoms with Crippen LogP contribution < -0.4 is 10.1 Å². The van der Waals surface area contributed by atoms with Crippen molar-refractivity contribution in [2.45, 2.75) is 38.6 Å². The Bertz CT molecular complexity index is 392. The quantitative estimate of drug-likeness (QED) is 0.790. The van der Waals surface area contributed by atoms with E-state index < -0.39 is 0 Å². The van der Waals surface area contributed by atoms with Crippen LogP contribution in [0.2, 0.25) is 0 Å². The molecule has 2 nitrogen and oxygen atoms in total. The monoisotopic (exact) mass is 259 g/mol. The molecule has 3 rings (SSSR count). The summed E-state index contributed by atoms with van der Waals surface area (Å²) in [6, 6.07) is 10.7. The predicted molar refractivity (Wildman–Crippen MR) is 78.3 cm³/mol. The van der Waals surface area contributed by atoms with Gasteiger partial charge >= 0.3 is 0 Å². The highest BCUT2D eigenvalue weighted by molar-refractivity contribution is 5.20. The second kappa shape index (κ2) is 5.96. The Morgan fingerprint density at radius 1 is 1.21 bits per heavy atom. The van der Waals surface area contributed by atoms with Crippen LogP contribution in [-0.4, -0.2) is 19.2 Å². The van der Waals surface area contributed by atoms with Gasteiger partial charge in [-0.05, 0) is 56.1 Å². The Hall–Kier alpha value is -1.02. The molecule has 2 saturated carbocycles. The fraction of sp³-hybridized carbons (Fsp3) is 0.647. The smallest absolute Gasteiger partial charge is 0.119 e. The Kier molecular flexibility index (Phi) is 4.07. The third-order valence-electron chi connectivity index (χ3n) is 5.02. The number of nitrogens with one attached hydrogen (secondary N) is 1. The second-order valence-corrected chi connectivity index (χ2v) is 6.24. The van der Waals surface area contributed by atoms with Crippen molar-refractivity contribution in [3.8, 4) is 5.75 Å². The molecule has 0 radical (unpaired) electrons. The standard InChI is InChI=1S/C17H25NO/c1-13(17-12-14-7-8-15(17)11-14)18-9-10-19-16-5-3-2-4-6-16/h2-6,13-15,17-18H,7-12H2,1H3. The molecule has 0 aromatic heterocycles. The summed E-state index contributed by atoms with van der Waals surface area (Å²) >= 11 is 0. The van der Waals surface area contributed by atoms with E-state index in [0.29, 0.717) is 6.04 Å². The van der Waals surface area contributed by atoms with Gasteiger partial charge in [0.05, 0.1) is 0 Å². The van der Waals surface area contributed by atoms with Crippen LogP contribution in [0.25, 0.3) is 0 Å². The average Bonchev–Trinajstić information content (AvgIpc) is 3.07. The molecule has 2 aliphatic rings. The van der Waals surface area contributed by atoms with Crippen LogP contribution in [0, 0.1) is 17.8 Å². The maximum Gasteiger partial charge on any atom is 0.119 e. The summed E-state index contributed by atoms with van der Waals surface area (Å²) < 4.78 is 5.72. The van der Waals surface area contributed by atoms with Gasteiger partial charge in [-0.3, -0.25) is 0 Å². The molecule has 0 heterocycles. The average molecular weight is 259 g/mol. The van der Waals surface area contributed by atoms with Crippen LogP contribution in [0.5, 0.6) is 5.75 Å². The van der Waals surface area contributed by atoms with E-state index >= 15 is 0 Å². The molecule has 104 valence electrons. The van der Waals surface area contributed by atoms with Gasteiger partial charge in [0.15, 0.2) is 0 Å². The zero-order chi connectivity index (χ0) is 13.1. The maximum atomic E-state index is 5.72. The van der Waals surface area contributed by atoms with Crippen LogP contribution >= 0.6 is 0 Å². The van der Waals surface area contributed by atoms with Crippen molar-refractivity contribution in [1.29, 1.82) is 0 Å². The van der Waals surface area contributed by atoms with Crippen molar-refractivity contribution in [3.05, 3.63) is 30.3 Å². The first kappa shape index (κ1) is 13.0. The fourth-order valence-corrected chi connectivity index (χ4v) is 4.03. The Morgan fingerprint density at radius 3 is 2.74 bits per heavy atom. The first-order valence-electron chi connectivity index (χ1n) is 7.74. The molecule has 2 bridgehead atoms. The first-order valence-corrected chi connectivity index (χ1v) is 7.74. The summed E-state index contributed by atoms with van der Waals surface area (Å²) in [7, 11) is 0. The number of fused-ring (bicyclic) bond motifs is 2. The lowest BCUT2D eigenvalue weighted by Gasteiger charge is -2.28. The van der Waals surface area contributed by atoms with Crippen molar-refractivity contribution >= 4 is 0 Å². The Morgan fingerprint density at radius 2 is 2.05 bits per heavy atom. The highest BCUT2D eigenvalue weighted by Crippen LogP contribution is 2.49. The largest absolute Gasteiger partial charge is 0.492 e. The van der Waals surface area contributed by atoms with Crippen LogP contribution in [-0.2, 0) is 0 Å². The SMILES string of the molecule is CC(NCCOc1ccccc1)C1CC2CCC1C2. The van der Waals surface area contributed by atoms with E-state index in [-0.39, 0.29) is 0 Å². The van der Waals surface area contributed by atoms with E-state index in [4.69, 9.17) is 4.74 Å². The molecule has 0 aliphatic heterocycles. The molecule has 1 aromatic carbocycles. The maximum absolute atomic E-state index is 5.72. The number of hydrogen-bond donors (Lipinski definition) is 1. The number of para-hydroxylation sites is 1. The van der Waals surface area contributed by atoms with Gasteiger partial charge in [0.25, 0.3) is 0 Å². The zero-order valence-corrected chi connectivity index (χ0v) is 11.8. The van der Waals surface area contributed by atoms with Gasteiger partial charge in [-0.1, -0.05) is 24.6 Å². The number of rotatable bonds is 6. The van der Waals surface area contributed by atoms with Crippen molar-refractivity contribution < 1.29 is 4.74 Å². The normalized spacial score (nSPS) is 30.5. The summed E-state index contributed by atoms with van der Waals surface area (Å²) in [6.45, 7) is 4.06. The van der Waals surface area contributed by atoms with Crippen LogP contribution in [0.1, 0.15) is 32.6 Å². The fourth-order valence-electron chi connectivity index (χ4n) is 4.03. The molecule has 2 aliphatic carbocycles. The van der Waals surface area contributed by atoms with Gasteiger partial charge in [0.2, 0.25) is 0 Å². The molecule has 2 fully saturated rings. The molecular formula is C17H25NO. The molecule has 0 saturated heterocycles. The molecule has 0 spiro atoms. The van der Waals surface area contributed by atoms with E-state index in [2.05, 4.69) is 12.2 Å². The molecule has 4 unspecified atom stereocenters. The Balaban J connectivity index is 1.36. The van der Waals surface area contributed by atoms with Crippen molar-refractivity contribution in [2.75, 3.05) is 13.2 Å². The third-order valence-corrected chi connectivity index (χ3v) is 5.02. The van der Waals surface area contributed by atoms with Gasteiger partial charge in [-0.2, -0.15) is 0 Å². The summed E-state index contributed by atoms with van der Waals surface area (Å²) in [6.07, 6.45) is 5.92. The molecule has 1 N–H and O–H groups in total. The minimum absolute atomic E-state index is 0.648. The second-order valence-electron chi connectivity index (χ2n) is 6.24. The Labute approximate surface area is 116 Å². The lowest BCUT2D eigenvalue weighted by Crippen LogP contribution is -2.38. The minimum Gasteiger partial charge on any atom is -0.492 e. The van der Waals surface area contributed by atoms with Gasteiger partial charge in [-0.15, -0.1) is 0 Å². The topological polar surface area (TPSA) is 21.3 Å².